The van der Waals surface area contributed by atoms with Crippen LogP contribution in [-0.2, 0) is 4.79 Å². The Kier molecular flexibility index (Phi) is 3.93. The Hall–Kier alpha value is -2.58. The number of aromatic nitrogens is 2. The Morgan fingerprint density at radius 3 is 2.91 bits per heavy atom. The molecule has 2 aromatic heterocycles. The average Bonchev–Trinajstić information content (AvgIpc) is 2.54. The highest BCUT2D eigenvalue weighted by Crippen LogP contribution is 2.38. The third-order valence-electron chi connectivity index (χ3n) is 3.42. The molecule has 0 aliphatic heterocycles. The number of fused-ring (bicyclic) bond motifs is 1. The van der Waals surface area contributed by atoms with Gasteiger partial charge in [-0.25, -0.2) is 0 Å². The molecule has 4 nitrogen and oxygen atoms in total. The number of nitrogens with zero attached hydrogens (tertiary/aromatic N) is 2. The van der Waals surface area contributed by atoms with E-state index in [0.717, 1.165) is 26.9 Å². The van der Waals surface area contributed by atoms with Crippen molar-refractivity contribution in [2.45, 2.75) is 23.5 Å². The van der Waals surface area contributed by atoms with Gasteiger partial charge < -0.3 is 5.11 Å². The summed E-state index contributed by atoms with van der Waals surface area (Å²) in [6, 6.07) is 13.4. The van der Waals surface area contributed by atoms with Gasteiger partial charge in [-0.3, -0.25) is 14.8 Å². The van der Waals surface area contributed by atoms with Crippen LogP contribution in [0.25, 0.3) is 22.0 Å². The fraction of sp³-hybridized carbons (Fsp3) is 0.167. The molecule has 0 fully saturated rings. The van der Waals surface area contributed by atoms with Crippen LogP contribution in [0.1, 0.15) is 13.8 Å². The topological polar surface area (TPSA) is 63.1 Å². The molecule has 0 saturated heterocycles. The van der Waals surface area contributed by atoms with Crippen LogP contribution in [-0.4, -0.2) is 25.8 Å². The molecule has 0 aliphatic carbocycles. The molecule has 114 valence electrons. The second-order valence-corrected chi connectivity index (χ2v) is 7.21. The summed E-state index contributed by atoms with van der Waals surface area (Å²) >= 11 is 1.30. The van der Waals surface area contributed by atoms with Gasteiger partial charge in [-0.15, -0.1) is 11.8 Å². The normalized spacial score (nSPS) is 11.2. The predicted molar refractivity (Wildman–Crippen MR) is 90.2 cm³/mol. The molecule has 0 aliphatic rings. The quantitative estimate of drug-likeness (QED) is 0.739. The molecular weight excluding hydrogens is 308 g/mol. The zero-order valence-corrected chi connectivity index (χ0v) is 13.5. The first-order valence-corrected chi connectivity index (χ1v) is 7.84. The summed E-state index contributed by atoms with van der Waals surface area (Å²) < 4.78 is -0.930. The van der Waals surface area contributed by atoms with Crippen molar-refractivity contribution in [2.75, 3.05) is 0 Å². The van der Waals surface area contributed by atoms with E-state index in [2.05, 4.69) is 22.1 Å². The van der Waals surface area contributed by atoms with Crippen molar-refractivity contribution in [3.05, 3.63) is 55.0 Å². The molecule has 3 rings (SSSR count). The summed E-state index contributed by atoms with van der Waals surface area (Å²) in [7, 11) is 0. The molecule has 1 N–H and O–H groups in total. The largest absolute Gasteiger partial charge is 0.480 e. The smallest absolute Gasteiger partial charge is 0.319 e. The third kappa shape index (κ3) is 3.13. The van der Waals surface area contributed by atoms with Crippen molar-refractivity contribution in [2.24, 2.45) is 0 Å². The number of carbonyl (C=O) groups is 1. The number of carboxylic acids is 1. The number of aliphatic carboxylic acids is 1. The first kappa shape index (κ1) is 15.3. The van der Waals surface area contributed by atoms with Gasteiger partial charge in [-0.1, -0.05) is 12.1 Å². The van der Waals surface area contributed by atoms with Gasteiger partial charge in [0, 0.05) is 34.6 Å². The van der Waals surface area contributed by atoms with E-state index in [0.29, 0.717) is 0 Å². The fourth-order valence-electron chi connectivity index (χ4n) is 2.10. The number of carboxylic acid groups (broad SMARTS) is 1. The molecule has 0 radical (unpaired) electrons. The van der Waals surface area contributed by atoms with E-state index < -0.39 is 10.7 Å². The van der Waals surface area contributed by atoms with Crippen molar-refractivity contribution in [1.82, 2.24) is 9.97 Å². The van der Waals surface area contributed by atoms with E-state index >= 15 is 0 Å². The highest BCUT2D eigenvalue weighted by molar-refractivity contribution is 8.01. The van der Waals surface area contributed by atoms with Crippen molar-refractivity contribution in [3.63, 3.8) is 0 Å². The molecule has 1 aromatic carbocycles. The first-order valence-electron chi connectivity index (χ1n) is 7.02. The van der Waals surface area contributed by atoms with E-state index in [1.54, 1.807) is 38.5 Å². The number of thioether (sulfide) groups is 1. The molecule has 0 bridgehead atoms. The lowest BCUT2D eigenvalue weighted by atomic mass is 10.1. The van der Waals surface area contributed by atoms with Crippen molar-refractivity contribution < 1.29 is 9.90 Å². The summed E-state index contributed by atoms with van der Waals surface area (Å²) in [6.45, 7) is 3.37. The van der Waals surface area contributed by atoms with E-state index in [1.807, 2.05) is 18.2 Å². The van der Waals surface area contributed by atoms with Crippen molar-refractivity contribution >= 4 is 28.6 Å². The SMILES string of the molecule is CC(C)(Sc1ccncc1-c1cnc2ccc#cc2c1)C(=O)O. The van der Waals surface area contributed by atoms with Crippen molar-refractivity contribution in [3.8, 4) is 11.1 Å². The third-order valence-corrected chi connectivity index (χ3v) is 4.68. The highest BCUT2D eigenvalue weighted by Gasteiger charge is 2.29. The van der Waals surface area contributed by atoms with Crippen LogP contribution >= 0.6 is 11.8 Å². The van der Waals surface area contributed by atoms with Crippen LogP contribution in [0.2, 0.25) is 0 Å². The second kappa shape index (κ2) is 5.90. The van der Waals surface area contributed by atoms with E-state index in [4.69, 9.17) is 0 Å². The van der Waals surface area contributed by atoms with E-state index in [9.17, 15) is 9.90 Å². The van der Waals surface area contributed by atoms with Crippen LogP contribution < -0.4 is 0 Å². The van der Waals surface area contributed by atoms with Gasteiger partial charge in [0.25, 0.3) is 0 Å². The summed E-state index contributed by atoms with van der Waals surface area (Å²) in [5.74, 6) is -0.857. The van der Waals surface area contributed by atoms with Crippen LogP contribution in [0.4, 0.5) is 0 Å². The monoisotopic (exact) mass is 322 g/mol. The Morgan fingerprint density at radius 1 is 1.30 bits per heavy atom. The van der Waals surface area contributed by atoms with Gasteiger partial charge in [0.2, 0.25) is 0 Å². The Bertz CT molecular complexity index is 878. The zero-order valence-electron chi connectivity index (χ0n) is 12.7. The number of rotatable bonds is 4. The van der Waals surface area contributed by atoms with Gasteiger partial charge in [-0.05, 0) is 38.1 Å². The molecule has 23 heavy (non-hydrogen) atoms. The summed E-state index contributed by atoms with van der Waals surface area (Å²) in [5.41, 5.74) is 2.58. The van der Waals surface area contributed by atoms with Gasteiger partial charge in [0.15, 0.2) is 0 Å². The lowest BCUT2D eigenvalue weighted by Crippen LogP contribution is -2.27. The molecule has 0 saturated carbocycles. The number of pyridine rings is 2. The number of hydrogen-bond donors (Lipinski definition) is 1. The van der Waals surface area contributed by atoms with Crippen LogP contribution in [0.5, 0.6) is 0 Å². The maximum Gasteiger partial charge on any atom is 0.319 e. The Labute approximate surface area is 138 Å². The van der Waals surface area contributed by atoms with E-state index in [1.165, 1.54) is 11.8 Å². The summed E-state index contributed by atoms with van der Waals surface area (Å²) in [4.78, 5) is 20.8. The van der Waals surface area contributed by atoms with Gasteiger partial charge in [0.1, 0.15) is 4.75 Å². The van der Waals surface area contributed by atoms with E-state index in [-0.39, 0.29) is 0 Å². The van der Waals surface area contributed by atoms with Gasteiger partial charge in [0.05, 0.1) is 10.9 Å². The lowest BCUT2D eigenvalue weighted by molar-refractivity contribution is -0.138. The number of hydrogen-bond acceptors (Lipinski definition) is 4. The zero-order chi connectivity index (χ0) is 16.4. The molecule has 0 unspecified atom stereocenters. The second-order valence-electron chi connectivity index (χ2n) is 5.55. The highest BCUT2D eigenvalue weighted by atomic mass is 32.2. The van der Waals surface area contributed by atoms with Crippen LogP contribution in [0, 0.1) is 12.1 Å². The molecule has 0 spiro atoms. The minimum Gasteiger partial charge on any atom is -0.480 e. The maximum atomic E-state index is 11.4. The molecule has 5 heteroatoms. The van der Waals surface area contributed by atoms with Crippen molar-refractivity contribution in [1.29, 1.82) is 0 Å². The Morgan fingerprint density at radius 2 is 2.13 bits per heavy atom. The molecule has 3 aromatic rings. The van der Waals surface area contributed by atoms with Crippen LogP contribution in [0.15, 0.2) is 47.8 Å². The van der Waals surface area contributed by atoms with Gasteiger partial charge >= 0.3 is 5.97 Å². The molecule has 2 heterocycles. The minimum atomic E-state index is -0.930. The Balaban J connectivity index is 2.07. The average molecular weight is 322 g/mol. The molecule has 0 amide bonds. The predicted octanol–water partition coefficient (Wildman–Crippen LogP) is 3.85. The minimum absolute atomic E-state index is 0.844. The fourth-order valence-corrected chi connectivity index (χ4v) is 3.15. The van der Waals surface area contributed by atoms with Gasteiger partial charge in [-0.2, -0.15) is 0 Å². The molecular formula is C18H14N2O2S. The van der Waals surface area contributed by atoms with Crippen LogP contribution in [0.3, 0.4) is 0 Å². The standard InChI is InChI=1S/C18H14N2O2S/c1-18(2,17(21)22)23-16-7-8-19-11-14(16)13-9-12-5-3-4-6-15(12)20-10-13/h4,6-11H,1-2H3,(H,21,22). The molecule has 0 atom stereocenters. The maximum absolute atomic E-state index is 11.4. The summed E-state index contributed by atoms with van der Waals surface area (Å²) in [6.07, 6.45) is 5.17. The summed E-state index contributed by atoms with van der Waals surface area (Å²) in [5, 5.41) is 10.2. The lowest BCUT2D eigenvalue weighted by Gasteiger charge is -2.20. The first-order chi connectivity index (χ1) is 11.0.